The van der Waals surface area contributed by atoms with E-state index in [1.165, 1.54) is 20.1 Å². The minimum atomic E-state index is -3.76. The summed E-state index contributed by atoms with van der Waals surface area (Å²) in [6.07, 6.45) is -0.794. The fourth-order valence-electron chi connectivity index (χ4n) is 1.04. The molecule has 1 unspecified atom stereocenters. The van der Waals surface area contributed by atoms with Crippen LogP contribution in [0, 0.1) is 0 Å². The van der Waals surface area contributed by atoms with Gasteiger partial charge in [0.15, 0.2) is 0 Å². The summed E-state index contributed by atoms with van der Waals surface area (Å²) in [5.41, 5.74) is 0. The second kappa shape index (κ2) is 6.11. The predicted molar refractivity (Wildman–Crippen MR) is 70.2 cm³/mol. The van der Waals surface area contributed by atoms with Gasteiger partial charge in [-0.3, -0.25) is 0 Å². The van der Waals surface area contributed by atoms with Gasteiger partial charge in [-0.2, -0.15) is 0 Å². The van der Waals surface area contributed by atoms with Crippen LogP contribution >= 0.6 is 27.3 Å². The Labute approximate surface area is 117 Å². The maximum atomic E-state index is 11.9. The van der Waals surface area contributed by atoms with E-state index in [2.05, 4.69) is 25.4 Å². The van der Waals surface area contributed by atoms with Crippen molar-refractivity contribution in [3.63, 3.8) is 0 Å². The molecule has 0 saturated heterocycles. The van der Waals surface area contributed by atoms with Crippen molar-refractivity contribution in [1.82, 2.24) is 4.72 Å². The fraction of sp³-hybridized carbons (Fsp3) is 0.444. The molecule has 0 fully saturated rings. The summed E-state index contributed by atoms with van der Waals surface area (Å²) >= 11 is 4.06. The molecule has 0 aromatic carbocycles. The third-order valence-corrected chi connectivity index (χ3v) is 5.56. The van der Waals surface area contributed by atoms with Crippen LogP contribution in [0.2, 0.25) is 0 Å². The number of carbonyl (C=O) groups is 1. The van der Waals surface area contributed by atoms with Gasteiger partial charge < -0.3 is 9.84 Å². The standard InChI is InChI=1S/C9H12BrNO5S2/c1-5(12)4-11-18(14,15)7-3-6(9(13)16-2)17-8(7)10/h3,5,11-12H,4H2,1-2H3. The molecule has 9 heteroatoms. The lowest BCUT2D eigenvalue weighted by Gasteiger charge is -2.07. The van der Waals surface area contributed by atoms with Crippen LogP contribution in [0.5, 0.6) is 0 Å². The Bertz CT molecular complexity index is 537. The molecule has 0 bridgehead atoms. The second-order valence-electron chi connectivity index (χ2n) is 3.44. The minimum absolute atomic E-state index is 0.0476. The van der Waals surface area contributed by atoms with E-state index in [-0.39, 0.29) is 16.3 Å². The number of esters is 1. The van der Waals surface area contributed by atoms with E-state index < -0.39 is 22.1 Å². The van der Waals surface area contributed by atoms with Crippen LogP contribution in [0.3, 0.4) is 0 Å². The van der Waals surface area contributed by atoms with Gasteiger partial charge in [0.1, 0.15) is 9.77 Å². The summed E-state index contributed by atoms with van der Waals surface area (Å²) in [5.74, 6) is -0.599. The van der Waals surface area contributed by atoms with Crippen molar-refractivity contribution in [2.24, 2.45) is 0 Å². The number of methoxy groups -OCH3 is 1. The number of thiophene rings is 1. The number of aliphatic hydroxyl groups is 1. The van der Waals surface area contributed by atoms with E-state index in [1.807, 2.05) is 0 Å². The second-order valence-corrected chi connectivity index (χ2v) is 7.55. The van der Waals surface area contributed by atoms with Crippen LogP contribution in [-0.4, -0.2) is 39.3 Å². The van der Waals surface area contributed by atoms with Gasteiger partial charge in [0.25, 0.3) is 0 Å². The molecule has 102 valence electrons. The van der Waals surface area contributed by atoms with Crippen LogP contribution in [0.25, 0.3) is 0 Å². The average molecular weight is 358 g/mol. The molecule has 1 aromatic rings. The highest BCUT2D eigenvalue weighted by atomic mass is 79.9. The fourth-order valence-corrected chi connectivity index (χ4v) is 4.65. The number of hydrogen-bond acceptors (Lipinski definition) is 6. The molecular weight excluding hydrogens is 346 g/mol. The largest absolute Gasteiger partial charge is 0.465 e. The first-order valence-corrected chi connectivity index (χ1v) is 7.92. The third-order valence-electron chi connectivity index (χ3n) is 1.90. The van der Waals surface area contributed by atoms with Gasteiger partial charge in [0.05, 0.1) is 17.0 Å². The highest BCUT2D eigenvalue weighted by Gasteiger charge is 2.23. The predicted octanol–water partition coefficient (Wildman–Crippen LogP) is 0.956. The van der Waals surface area contributed by atoms with Crippen molar-refractivity contribution in [1.29, 1.82) is 0 Å². The van der Waals surface area contributed by atoms with Crippen LogP contribution in [0.15, 0.2) is 14.7 Å². The van der Waals surface area contributed by atoms with Crippen molar-refractivity contribution < 1.29 is 23.1 Å². The first-order chi connectivity index (χ1) is 8.27. The van der Waals surface area contributed by atoms with Gasteiger partial charge in [0.2, 0.25) is 10.0 Å². The lowest BCUT2D eigenvalue weighted by Crippen LogP contribution is -2.30. The van der Waals surface area contributed by atoms with E-state index >= 15 is 0 Å². The van der Waals surface area contributed by atoms with E-state index in [1.54, 1.807) is 0 Å². The summed E-state index contributed by atoms with van der Waals surface area (Å²) in [6, 6.07) is 1.23. The van der Waals surface area contributed by atoms with Gasteiger partial charge >= 0.3 is 5.97 Å². The lowest BCUT2D eigenvalue weighted by atomic mass is 10.4. The molecule has 0 radical (unpaired) electrons. The van der Waals surface area contributed by atoms with Crippen molar-refractivity contribution in [3.05, 3.63) is 14.7 Å². The van der Waals surface area contributed by atoms with Gasteiger partial charge in [-0.05, 0) is 28.9 Å². The van der Waals surface area contributed by atoms with E-state index in [0.717, 1.165) is 11.3 Å². The molecule has 1 heterocycles. The summed E-state index contributed by atoms with van der Waals surface area (Å²) in [5, 5.41) is 9.05. The van der Waals surface area contributed by atoms with Gasteiger partial charge in [-0.15, -0.1) is 11.3 Å². The highest BCUT2D eigenvalue weighted by Crippen LogP contribution is 2.31. The first kappa shape index (κ1) is 15.6. The Morgan fingerprint density at radius 1 is 1.67 bits per heavy atom. The summed E-state index contributed by atoms with van der Waals surface area (Å²) in [6.45, 7) is 1.36. The van der Waals surface area contributed by atoms with Gasteiger partial charge in [-0.25, -0.2) is 17.9 Å². The summed E-state index contributed by atoms with van der Waals surface area (Å²) in [4.78, 5) is 11.4. The molecule has 2 N–H and O–H groups in total. The zero-order chi connectivity index (χ0) is 13.9. The zero-order valence-electron chi connectivity index (χ0n) is 9.64. The van der Waals surface area contributed by atoms with Crippen molar-refractivity contribution in [3.8, 4) is 0 Å². The molecular formula is C9H12BrNO5S2. The van der Waals surface area contributed by atoms with Crippen molar-refractivity contribution >= 4 is 43.3 Å². The molecule has 1 atom stereocenters. The normalized spacial score (nSPS) is 13.3. The van der Waals surface area contributed by atoms with E-state index in [4.69, 9.17) is 5.11 Å². The molecule has 1 rings (SSSR count). The van der Waals surface area contributed by atoms with E-state index in [9.17, 15) is 13.2 Å². The minimum Gasteiger partial charge on any atom is -0.465 e. The Kier molecular flexibility index (Phi) is 5.29. The van der Waals surface area contributed by atoms with Crippen LogP contribution in [0.1, 0.15) is 16.6 Å². The molecule has 0 spiro atoms. The molecule has 0 saturated carbocycles. The Morgan fingerprint density at radius 2 is 2.28 bits per heavy atom. The molecule has 6 nitrogen and oxygen atoms in total. The monoisotopic (exact) mass is 357 g/mol. The van der Waals surface area contributed by atoms with Crippen LogP contribution in [0.4, 0.5) is 0 Å². The number of ether oxygens (including phenoxy) is 1. The average Bonchev–Trinajstić information content (AvgIpc) is 2.68. The van der Waals surface area contributed by atoms with Crippen LogP contribution < -0.4 is 4.72 Å². The SMILES string of the molecule is COC(=O)c1cc(S(=O)(=O)NCC(C)O)c(Br)s1. The molecule has 18 heavy (non-hydrogen) atoms. The third kappa shape index (κ3) is 3.75. The maximum Gasteiger partial charge on any atom is 0.348 e. The number of nitrogens with one attached hydrogen (secondary N) is 1. The Morgan fingerprint density at radius 3 is 2.78 bits per heavy atom. The van der Waals surface area contributed by atoms with Crippen molar-refractivity contribution in [2.45, 2.75) is 17.9 Å². The number of halogens is 1. The quantitative estimate of drug-likeness (QED) is 0.765. The number of sulfonamides is 1. The number of hydrogen-bond donors (Lipinski definition) is 2. The zero-order valence-corrected chi connectivity index (χ0v) is 12.9. The lowest BCUT2D eigenvalue weighted by molar-refractivity contribution is 0.0606. The highest BCUT2D eigenvalue weighted by molar-refractivity contribution is 9.11. The molecule has 0 amide bonds. The van der Waals surface area contributed by atoms with Gasteiger partial charge in [-0.1, -0.05) is 0 Å². The molecule has 0 aliphatic rings. The molecule has 0 aliphatic carbocycles. The number of carbonyl (C=O) groups excluding carboxylic acids is 1. The molecule has 1 aromatic heterocycles. The Hall–Kier alpha value is -0.480. The number of aliphatic hydroxyl groups excluding tert-OH is 1. The van der Waals surface area contributed by atoms with E-state index in [0.29, 0.717) is 3.79 Å². The topological polar surface area (TPSA) is 92.7 Å². The van der Waals surface area contributed by atoms with Crippen molar-refractivity contribution in [2.75, 3.05) is 13.7 Å². The van der Waals surface area contributed by atoms with Crippen LogP contribution in [-0.2, 0) is 14.8 Å². The van der Waals surface area contributed by atoms with Gasteiger partial charge in [0, 0.05) is 6.54 Å². The Balaban J connectivity index is 3.02. The molecule has 0 aliphatic heterocycles. The summed E-state index contributed by atoms with van der Waals surface area (Å²) < 4.78 is 30.8. The number of rotatable bonds is 5. The maximum absolute atomic E-state index is 11.9. The first-order valence-electron chi connectivity index (χ1n) is 4.83. The smallest absolute Gasteiger partial charge is 0.348 e. The summed E-state index contributed by atoms with van der Waals surface area (Å²) in [7, 11) is -2.54.